The molecule has 1 fully saturated rings. The van der Waals surface area contributed by atoms with E-state index in [9.17, 15) is 0 Å². The molecule has 3 heteroatoms. The van der Waals surface area contributed by atoms with Gasteiger partial charge in [-0.25, -0.2) is 5.01 Å². The SMILES string of the molecule is CCCCCCCCCNN1CCN(C)CC1. The third-order valence-corrected chi connectivity index (χ3v) is 3.62. The first-order valence-corrected chi connectivity index (χ1v) is 7.50. The Bertz CT molecular complexity index is 165. The second kappa shape index (κ2) is 9.86. The molecule has 1 heterocycles. The van der Waals surface area contributed by atoms with Crippen molar-refractivity contribution in [2.45, 2.75) is 51.9 Å². The van der Waals surface area contributed by atoms with Gasteiger partial charge in [0.05, 0.1) is 0 Å². The molecule has 102 valence electrons. The lowest BCUT2D eigenvalue weighted by Crippen LogP contribution is -2.50. The standard InChI is InChI=1S/C14H31N3/c1-3-4-5-6-7-8-9-10-15-17-13-11-16(2)12-14-17/h15H,3-14H2,1-2H3. The fourth-order valence-corrected chi connectivity index (χ4v) is 2.28. The lowest BCUT2D eigenvalue weighted by atomic mass is 10.1. The predicted molar refractivity (Wildman–Crippen MR) is 75.1 cm³/mol. The molecule has 1 N–H and O–H groups in total. The van der Waals surface area contributed by atoms with Gasteiger partial charge in [-0.15, -0.1) is 0 Å². The fraction of sp³-hybridized carbons (Fsp3) is 1.00. The van der Waals surface area contributed by atoms with Crippen molar-refractivity contribution >= 4 is 0 Å². The third-order valence-electron chi connectivity index (χ3n) is 3.62. The van der Waals surface area contributed by atoms with Crippen LogP contribution < -0.4 is 5.43 Å². The van der Waals surface area contributed by atoms with Crippen LogP contribution in [0, 0.1) is 0 Å². The molecule has 3 nitrogen and oxygen atoms in total. The minimum atomic E-state index is 1.16. The third kappa shape index (κ3) is 7.74. The van der Waals surface area contributed by atoms with Gasteiger partial charge in [0.2, 0.25) is 0 Å². The van der Waals surface area contributed by atoms with E-state index >= 15 is 0 Å². The topological polar surface area (TPSA) is 18.5 Å². The molecule has 0 amide bonds. The Morgan fingerprint density at radius 3 is 2.06 bits per heavy atom. The Hall–Kier alpha value is -0.120. The molecule has 1 aliphatic heterocycles. The van der Waals surface area contributed by atoms with Crippen LogP contribution in [0.2, 0.25) is 0 Å². The van der Waals surface area contributed by atoms with Crippen LogP contribution >= 0.6 is 0 Å². The molecule has 0 saturated carbocycles. The second-order valence-corrected chi connectivity index (χ2v) is 5.32. The molecule has 0 unspecified atom stereocenters. The summed E-state index contributed by atoms with van der Waals surface area (Å²) in [4.78, 5) is 2.39. The zero-order valence-electron chi connectivity index (χ0n) is 11.9. The average Bonchev–Trinajstić information content (AvgIpc) is 2.35. The Kier molecular flexibility index (Phi) is 8.67. The van der Waals surface area contributed by atoms with Gasteiger partial charge in [-0.2, -0.15) is 0 Å². The number of hydrogen-bond acceptors (Lipinski definition) is 3. The summed E-state index contributed by atoms with van der Waals surface area (Å²) in [5, 5.41) is 2.39. The number of nitrogens with zero attached hydrogens (tertiary/aromatic N) is 2. The molecule has 0 radical (unpaired) electrons. The molecule has 0 aromatic carbocycles. The summed E-state index contributed by atoms with van der Waals surface area (Å²) in [5.41, 5.74) is 3.55. The molecular formula is C14H31N3. The van der Waals surface area contributed by atoms with Crippen molar-refractivity contribution in [3.05, 3.63) is 0 Å². The Morgan fingerprint density at radius 2 is 1.41 bits per heavy atom. The fourth-order valence-electron chi connectivity index (χ4n) is 2.28. The highest BCUT2D eigenvalue weighted by atomic mass is 15.5. The molecule has 0 atom stereocenters. The van der Waals surface area contributed by atoms with Gasteiger partial charge >= 0.3 is 0 Å². The number of nitrogens with one attached hydrogen (secondary N) is 1. The van der Waals surface area contributed by atoms with E-state index in [2.05, 4.69) is 29.3 Å². The molecule has 0 aromatic rings. The maximum atomic E-state index is 3.55. The van der Waals surface area contributed by atoms with Gasteiger partial charge in [0.1, 0.15) is 0 Å². The highest BCUT2D eigenvalue weighted by Crippen LogP contribution is 2.06. The van der Waals surface area contributed by atoms with Crippen LogP contribution in [-0.4, -0.2) is 49.7 Å². The number of likely N-dealkylation sites (N-methyl/N-ethyl adjacent to an activating group) is 1. The number of hydrazine groups is 1. The van der Waals surface area contributed by atoms with E-state index in [1.54, 1.807) is 0 Å². The summed E-state index contributed by atoms with van der Waals surface area (Å²) in [6, 6.07) is 0. The molecular weight excluding hydrogens is 210 g/mol. The highest BCUT2D eigenvalue weighted by Gasteiger charge is 2.12. The maximum absolute atomic E-state index is 3.55. The van der Waals surface area contributed by atoms with Crippen molar-refractivity contribution in [3.8, 4) is 0 Å². The molecule has 17 heavy (non-hydrogen) atoms. The van der Waals surface area contributed by atoms with E-state index < -0.39 is 0 Å². The Morgan fingerprint density at radius 1 is 0.824 bits per heavy atom. The summed E-state index contributed by atoms with van der Waals surface area (Å²) >= 11 is 0. The molecule has 1 aliphatic rings. The van der Waals surface area contributed by atoms with Crippen LogP contribution in [0.5, 0.6) is 0 Å². The minimum absolute atomic E-state index is 1.16. The zero-order valence-corrected chi connectivity index (χ0v) is 11.9. The molecule has 1 rings (SSSR count). The molecule has 0 aromatic heterocycles. The first kappa shape index (κ1) is 14.9. The summed E-state index contributed by atoms with van der Waals surface area (Å²) in [7, 11) is 2.20. The van der Waals surface area contributed by atoms with Crippen LogP contribution in [0.3, 0.4) is 0 Å². The van der Waals surface area contributed by atoms with Gasteiger partial charge in [-0.1, -0.05) is 45.4 Å². The molecule has 0 bridgehead atoms. The molecule has 1 saturated heterocycles. The largest absolute Gasteiger partial charge is 0.304 e. The number of hydrogen-bond donors (Lipinski definition) is 1. The van der Waals surface area contributed by atoms with Crippen molar-refractivity contribution in [1.29, 1.82) is 0 Å². The number of unbranched alkanes of at least 4 members (excludes halogenated alkanes) is 6. The van der Waals surface area contributed by atoms with Crippen LogP contribution in [-0.2, 0) is 0 Å². The van der Waals surface area contributed by atoms with Gasteiger partial charge in [0, 0.05) is 32.7 Å². The first-order valence-electron chi connectivity index (χ1n) is 7.50. The van der Waals surface area contributed by atoms with Gasteiger partial charge in [0.15, 0.2) is 0 Å². The van der Waals surface area contributed by atoms with E-state index in [0.29, 0.717) is 0 Å². The van der Waals surface area contributed by atoms with Crippen LogP contribution in [0.1, 0.15) is 51.9 Å². The minimum Gasteiger partial charge on any atom is -0.304 e. The van der Waals surface area contributed by atoms with Crippen molar-refractivity contribution in [2.24, 2.45) is 0 Å². The number of rotatable bonds is 9. The van der Waals surface area contributed by atoms with Crippen LogP contribution in [0.15, 0.2) is 0 Å². The van der Waals surface area contributed by atoms with E-state index in [0.717, 1.165) is 6.54 Å². The van der Waals surface area contributed by atoms with E-state index in [4.69, 9.17) is 0 Å². The smallest absolute Gasteiger partial charge is 0.0259 e. The van der Waals surface area contributed by atoms with Crippen molar-refractivity contribution < 1.29 is 0 Å². The zero-order chi connectivity index (χ0) is 12.3. The Labute approximate surface area is 108 Å². The monoisotopic (exact) mass is 241 g/mol. The van der Waals surface area contributed by atoms with Gasteiger partial charge in [-0.05, 0) is 13.5 Å². The average molecular weight is 241 g/mol. The second-order valence-electron chi connectivity index (χ2n) is 5.32. The molecule has 0 aliphatic carbocycles. The van der Waals surface area contributed by atoms with Crippen molar-refractivity contribution in [3.63, 3.8) is 0 Å². The summed E-state index contributed by atoms with van der Waals surface area (Å²) < 4.78 is 0. The van der Waals surface area contributed by atoms with Gasteiger partial charge < -0.3 is 4.90 Å². The highest BCUT2D eigenvalue weighted by molar-refractivity contribution is 4.65. The van der Waals surface area contributed by atoms with Crippen molar-refractivity contribution in [1.82, 2.24) is 15.3 Å². The Balaban J connectivity index is 1.81. The lowest BCUT2D eigenvalue weighted by Gasteiger charge is -2.32. The van der Waals surface area contributed by atoms with Crippen molar-refractivity contribution in [2.75, 3.05) is 39.8 Å². The summed E-state index contributed by atoms with van der Waals surface area (Å²) in [6.45, 7) is 8.19. The van der Waals surface area contributed by atoms with Crippen LogP contribution in [0.25, 0.3) is 0 Å². The normalized spacial score (nSPS) is 18.7. The summed E-state index contributed by atoms with van der Waals surface area (Å²) in [6.07, 6.45) is 9.78. The van der Waals surface area contributed by atoms with E-state index in [1.807, 2.05) is 0 Å². The first-order chi connectivity index (χ1) is 8.33. The molecule has 0 spiro atoms. The quantitative estimate of drug-likeness (QED) is 0.626. The maximum Gasteiger partial charge on any atom is 0.0259 e. The van der Waals surface area contributed by atoms with Gasteiger partial charge in [-0.3, -0.25) is 5.43 Å². The van der Waals surface area contributed by atoms with Gasteiger partial charge in [0.25, 0.3) is 0 Å². The van der Waals surface area contributed by atoms with Crippen LogP contribution in [0.4, 0.5) is 0 Å². The van der Waals surface area contributed by atoms with E-state index in [1.165, 1.54) is 71.1 Å². The number of piperazine rings is 1. The summed E-state index contributed by atoms with van der Waals surface area (Å²) in [5.74, 6) is 0. The lowest BCUT2D eigenvalue weighted by molar-refractivity contribution is 0.104. The van der Waals surface area contributed by atoms with E-state index in [-0.39, 0.29) is 0 Å². The predicted octanol–water partition coefficient (Wildman–Crippen LogP) is 2.49.